The number of hydrazine groups is 1. The summed E-state index contributed by atoms with van der Waals surface area (Å²) in [5, 5.41) is 0. The quantitative estimate of drug-likeness (QED) is 0.543. The predicted molar refractivity (Wildman–Crippen MR) is 77.2 cm³/mol. The van der Waals surface area contributed by atoms with Crippen molar-refractivity contribution >= 4 is 0 Å². The Balaban J connectivity index is 2.91. The van der Waals surface area contributed by atoms with Gasteiger partial charge in [-0.3, -0.25) is 11.3 Å². The van der Waals surface area contributed by atoms with Crippen molar-refractivity contribution in [3.8, 4) is 0 Å². The summed E-state index contributed by atoms with van der Waals surface area (Å²) < 4.78 is 5.89. The smallest absolute Gasteiger partial charge is 0.0841 e. The minimum absolute atomic E-state index is 0.107. The van der Waals surface area contributed by atoms with E-state index in [1.165, 1.54) is 32.1 Å². The molecule has 0 radical (unpaired) electrons. The summed E-state index contributed by atoms with van der Waals surface area (Å²) in [6.07, 6.45) is 8.65. The van der Waals surface area contributed by atoms with Crippen molar-refractivity contribution in [1.82, 2.24) is 5.43 Å². The van der Waals surface area contributed by atoms with Gasteiger partial charge < -0.3 is 4.74 Å². The Hall–Kier alpha value is -0.120. The number of nitrogens with one attached hydrogen (secondary N) is 1. The van der Waals surface area contributed by atoms with Gasteiger partial charge in [-0.05, 0) is 31.1 Å². The average Bonchev–Trinajstić information content (AvgIpc) is 2.45. The summed E-state index contributed by atoms with van der Waals surface area (Å²) in [4.78, 5) is 0. The molecule has 0 saturated heterocycles. The van der Waals surface area contributed by atoms with E-state index in [-0.39, 0.29) is 11.6 Å². The fourth-order valence-corrected chi connectivity index (χ4v) is 3.95. The van der Waals surface area contributed by atoms with Gasteiger partial charge in [-0.25, -0.2) is 0 Å². The van der Waals surface area contributed by atoms with Gasteiger partial charge in [0.2, 0.25) is 0 Å². The Kier molecular flexibility index (Phi) is 6.61. The van der Waals surface area contributed by atoms with Crippen molar-refractivity contribution < 1.29 is 4.74 Å². The summed E-state index contributed by atoms with van der Waals surface area (Å²) in [7, 11) is 1.83. The molecule has 1 rings (SSSR count). The highest BCUT2D eigenvalue weighted by atomic mass is 16.5. The van der Waals surface area contributed by atoms with Gasteiger partial charge in [0.05, 0.1) is 11.6 Å². The maximum Gasteiger partial charge on any atom is 0.0841 e. The molecule has 3 atom stereocenters. The molecule has 3 nitrogen and oxygen atoms in total. The molecule has 0 amide bonds. The fraction of sp³-hybridized carbons (Fsp3) is 1.00. The Bertz CT molecular complexity index is 220. The first kappa shape index (κ1) is 15.9. The lowest BCUT2D eigenvalue weighted by Gasteiger charge is -2.46. The van der Waals surface area contributed by atoms with Crippen LogP contribution >= 0.6 is 0 Å². The Morgan fingerprint density at radius 3 is 2.28 bits per heavy atom. The molecule has 0 bridgehead atoms. The van der Waals surface area contributed by atoms with E-state index in [4.69, 9.17) is 10.6 Å². The Morgan fingerprint density at radius 2 is 1.83 bits per heavy atom. The average molecular weight is 256 g/mol. The van der Waals surface area contributed by atoms with Crippen LogP contribution in [0.15, 0.2) is 0 Å². The van der Waals surface area contributed by atoms with Gasteiger partial charge in [0.25, 0.3) is 0 Å². The lowest BCUT2D eigenvalue weighted by molar-refractivity contribution is -0.0755. The minimum atomic E-state index is -0.107. The molecule has 1 fully saturated rings. The molecule has 3 N–H and O–H groups in total. The van der Waals surface area contributed by atoms with Crippen molar-refractivity contribution in [1.29, 1.82) is 0 Å². The second-order valence-electron chi connectivity index (χ2n) is 5.74. The van der Waals surface area contributed by atoms with E-state index in [2.05, 4.69) is 26.2 Å². The van der Waals surface area contributed by atoms with Crippen molar-refractivity contribution in [2.24, 2.45) is 17.7 Å². The molecule has 0 heterocycles. The Labute approximate surface area is 113 Å². The van der Waals surface area contributed by atoms with Crippen molar-refractivity contribution in [2.75, 3.05) is 7.11 Å². The first-order valence-corrected chi connectivity index (χ1v) is 7.70. The van der Waals surface area contributed by atoms with Gasteiger partial charge in [0.1, 0.15) is 0 Å². The zero-order chi connectivity index (χ0) is 13.6. The van der Waals surface area contributed by atoms with Gasteiger partial charge in [-0.2, -0.15) is 0 Å². The molecule has 0 aromatic rings. The third kappa shape index (κ3) is 3.06. The summed E-state index contributed by atoms with van der Waals surface area (Å²) in [6.45, 7) is 6.73. The number of methoxy groups -OCH3 is 1. The third-order valence-electron chi connectivity index (χ3n) is 5.27. The van der Waals surface area contributed by atoms with Gasteiger partial charge in [0.15, 0.2) is 0 Å². The van der Waals surface area contributed by atoms with Crippen LogP contribution in [0.5, 0.6) is 0 Å². The van der Waals surface area contributed by atoms with E-state index in [1.54, 1.807) is 0 Å². The summed E-state index contributed by atoms with van der Waals surface area (Å²) in [6, 6.07) is 0.280. The first-order chi connectivity index (χ1) is 8.68. The molecular formula is C15H32N2O. The van der Waals surface area contributed by atoms with Crippen LogP contribution in [0, 0.1) is 11.8 Å². The fourth-order valence-electron chi connectivity index (χ4n) is 3.95. The van der Waals surface area contributed by atoms with Crippen molar-refractivity contribution in [2.45, 2.75) is 77.4 Å². The van der Waals surface area contributed by atoms with E-state index >= 15 is 0 Å². The van der Waals surface area contributed by atoms with E-state index < -0.39 is 0 Å². The van der Waals surface area contributed by atoms with E-state index in [0.29, 0.717) is 5.92 Å². The zero-order valence-electron chi connectivity index (χ0n) is 12.7. The molecule has 0 aliphatic heterocycles. The number of hydrogen-bond donors (Lipinski definition) is 2. The monoisotopic (exact) mass is 256 g/mol. The Morgan fingerprint density at radius 1 is 1.22 bits per heavy atom. The molecule has 0 aromatic carbocycles. The van der Waals surface area contributed by atoms with Crippen LogP contribution in [-0.2, 0) is 4.74 Å². The minimum Gasteiger partial charge on any atom is -0.377 e. The van der Waals surface area contributed by atoms with Gasteiger partial charge in [-0.15, -0.1) is 0 Å². The molecular weight excluding hydrogens is 224 g/mol. The highest BCUT2D eigenvalue weighted by molar-refractivity contribution is 4.97. The van der Waals surface area contributed by atoms with Crippen molar-refractivity contribution in [3.05, 3.63) is 0 Å². The van der Waals surface area contributed by atoms with Gasteiger partial charge in [0, 0.05) is 7.11 Å². The van der Waals surface area contributed by atoms with Crippen LogP contribution in [0.2, 0.25) is 0 Å². The first-order valence-electron chi connectivity index (χ1n) is 7.70. The van der Waals surface area contributed by atoms with Crippen LogP contribution < -0.4 is 11.3 Å². The summed E-state index contributed by atoms with van der Waals surface area (Å²) in [5.74, 6) is 7.36. The lowest BCUT2D eigenvalue weighted by Crippen LogP contribution is -2.59. The molecule has 0 aromatic heterocycles. The van der Waals surface area contributed by atoms with E-state index in [0.717, 1.165) is 18.8 Å². The van der Waals surface area contributed by atoms with Crippen LogP contribution in [0.1, 0.15) is 65.7 Å². The topological polar surface area (TPSA) is 47.3 Å². The maximum atomic E-state index is 5.90. The predicted octanol–water partition coefficient (Wildman–Crippen LogP) is 3.24. The lowest BCUT2D eigenvalue weighted by atomic mass is 9.68. The normalized spacial score (nSPS) is 27.2. The molecule has 0 spiro atoms. The number of rotatable bonds is 7. The molecule has 1 aliphatic rings. The summed E-state index contributed by atoms with van der Waals surface area (Å²) in [5.41, 5.74) is 3.00. The maximum absolute atomic E-state index is 5.90. The van der Waals surface area contributed by atoms with Crippen LogP contribution in [0.3, 0.4) is 0 Å². The van der Waals surface area contributed by atoms with E-state index in [9.17, 15) is 0 Å². The van der Waals surface area contributed by atoms with Crippen molar-refractivity contribution in [3.63, 3.8) is 0 Å². The number of ether oxygens (including phenoxy) is 1. The number of nitrogens with two attached hydrogens (primary N) is 1. The number of hydrogen-bond acceptors (Lipinski definition) is 3. The molecule has 108 valence electrons. The van der Waals surface area contributed by atoms with E-state index in [1.807, 2.05) is 7.11 Å². The SMILES string of the molecule is CCC1CCCCC1C(NN)C(CC)(CC)OC. The highest BCUT2D eigenvalue weighted by Gasteiger charge is 2.43. The standard InChI is InChI=1S/C15H32N2O/c1-5-12-10-8-9-11-13(12)14(17-16)15(6-2,7-3)18-4/h12-14,17H,5-11,16H2,1-4H3. The van der Waals surface area contributed by atoms with Crippen LogP contribution in [-0.4, -0.2) is 18.8 Å². The molecule has 3 heteroatoms. The zero-order valence-corrected chi connectivity index (χ0v) is 12.7. The molecule has 18 heavy (non-hydrogen) atoms. The van der Waals surface area contributed by atoms with Crippen LogP contribution in [0.4, 0.5) is 0 Å². The highest BCUT2D eigenvalue weighted by Crippen LogP contribution is 2.40. The molecule has 1 aliphatic carbocycles. The molecule has 1 saturated carbocycles. The van der Waals surface area contributed by atoms with Gasteiger partial charge >= 0.3 is 0 Å². The second kappa shape index (κ2) is 7.46. The third-order valence-corrected chi connectivity index (χ3v) is 5.27. The molecule has 3 unspecified atom stereocenters. The second-order valence-corrected chi connectivity index (χ2v) is 5.74. The summed E-state index contributed by atoms with van der Waals surface area (Å²) >= 11 is 0. The van der Waals surface area contributed by atoms with Crippen LogP contribution in [0.25, 0.3) is 0 Å². The largest absolute Gasteiger partial charge is 0.377 e. The van der Waals surface area contributed by atoms with Gasteiger partial charge in [-0.1, -0.05) is 46.5 Å².